The monoisotopic (exact) mass is 1030 g/mol. The average Bonchev–Trinajstić information content (AvgIpc) is 3.39. The van der Waals surface area contributed by atoms with E-state index in [4.69, 9.17) is 9.47 Å². The summed E-state index contributed by atoms with van der Waals surface area (Å²) < 4.78 is 11.2. The molecule has 0 radical (unpaired) electrons. The van der Waals surface area contributed by atoms with Crippen LogP contribution in [0.15, 0.2) is 48.6 Å². The van der Waals surface area contributed by atoms with E-state index >= 15 is 0 Å². The Hall–Kier alpha value is -1.85. The van der Waals surface area contributed by atoms with Gasteiger partial charge in [-0.1, -0.05) is 268 Å². The number of ether oxygens (including phenoxy) is 2. The van der Waals surface area contributed by atoms with Gasteiger partial charge in [0.25, 0.3) is 0 Å². The summed E-state index contributed by atoms with van der Waals surface area (Å²) in [5, 5.41) is 54.4. The molecule has 1 aliphatic rings. The van der Waals surface area contributed by atoms with Crippen molar-refractivity contribution < 1.29 is 39.8 Å². The van der Waals surface area contributed by atoms with E-state index in [1.807, 2.05) is 6.08 Å². The molecule has 0 aromatic rings. The molecular weight excluding hydrogens is 911 g/mol. The van der Waals surface area contributed by atoms with Gasteiger partial charge in [-0.2, -0.15) is 0 Å². The highest BCUT2D eigenvalue weighted by Gasteiger charge is 2.44. The summed E-state index contributed by atoms with van der Waals surface area (Å²) in [6.45, 7) is 3.74. The molecular formula is C64H119NO8. The number of unbranched alkanes of at least 4 members (excludes halogenated alkanes) is 38. The quantitative estimate of drug-likeness (QED) is 0.0261. The van der Waals surface area contributed by atoms with Crippen LogP contribution in [0.25, 0.3) is 0 Å². The molecule has 9 nitrogen and oxygen atoms in total. The molecule has 7 atom stereocenters. The maximum absolute atomic E-state index is 13.0. The molecule has 1 heterocycles. The molecule has 1 rings (SSSR count). The van der Waals surface area contributed by atoms with E-state index in [0.29, 0.717) is 6.42 Å². The van der Waals surface area contributed by atoms with Crippen LogP contribution in [0.3, 0.4) is 0 Å². The molecule has 1 amide bonds. The van der Waals surface area contributed by atoms with E-state index in [2.05, 4.69) is 55.6 Å². The number of hydrogen-bond donors (Lipinski definition) is 6. The summed E-state index contributed by atoms with van der Waals surface area (Å²) in [5.74, 6) is -0.189. The van der Waals surface area contributed by atoms with E-state index in [1.54, 1.807) is 6.08 Å². The molecule has 1 aliphatic heterocycles. The first kappa shape index (κ1) is 69.2. The standard InChI is InChI=1S/C64H119NO8/c1-3-5-7-9-11-13-15-17-18-19-20-21-22-23-24-25-26-27-28-29-30-31-32-33-34-35-36-37-38-39-40-42-44-46-48-50-52-54-60(68)65-57(56-72-64-63(71)62(70)61(69)59(55-66)73-64)58(67)53-51-49-47-45-43-41-16-14-12-10-8-6-4-2/h12,14,27-28,43,45,51,53,57-59,61-64,66-67,69-71H,3-11,13,15-26,29-42,44,46-50,52,54-56H2,1-2H3,(H,65,68)/b14-12+,28-27-,45-43+,53-51+. The number of amides is 1. The molecule has 0 saturated carbocycles. The van der Waals surface area contributed by atoms with Crippen molar-refractivity contribution in [3.05, 3.63) is 48.6 Å². The van der Waals surface area contributed by atoms with Crippen molar-refractivity contribution in [1.29, 1.82) is 0 Å². The molecule has 1 saturated heterocycles. The summed E-state index contributed by atoms with van der Waals surface area (Å²) >= 11 is 0. The Bertz CT molecular complexity index is 1290. The summed E-state index contributed by atoms with van der Waals surface area (Å²) in [5.41, 5.74) is 0. The van der Waals surface area contributed by atoms with E-state index < -0.39 is 49.5 Å². The molecule has 428 valence electrons. The summed E-state index contributed by atoms with van der Waals surface area (Å²) in [4.78, 5) is 13.0. The number of rotatable bonds is 54. The van der Waals surface area contributed by atoms with Crippen molar-refractivity contribution >= 4 is 5.91 Å². The van der Waals surface area contributed by atoms with Crippen molar-refractivity contribution in [3.63, 3.8) is 0 Å². The second kappa shape index (κ2) is 53.5. The number of hydrogen-bond acceptors (Lipinski definition) is 8. The van der Waals surface area contributed by atoms with Crippen molar-refractivity contribution in [3.8, 4) is 0 Å². The molecule has 0 aliphatic carbocycles. The van der Waals surface area contributed by atoms with Crippen LogP contribution in [-0.4, -0.2) is 87.5 Å². The minimum atomic E-state index is -1.57. The zero-order chi connectivity index (χ0) is 52.9. The van der Waals surface area contributed by atoms with Gasteiger partial charge in [0, 0.05) is 6.42 Å². The van der Waals surface area contributed by atoms with Gasteiger partial charge < -0.3 is 40.3 Å². The van der Waals surface area contributed by atoms with Gasteiger partial charge in [-0.3, -0.25) is 4.79 Å². The molecule has 0 aromatic carbocycles. The van der Waals surface area contributed by atoms with Gasteiger partial charge in [-0.15, -0.1) is 0 Å². The van der Waals surface area contributed by atoms with Crippen LogP contribution in [0.5, 0.6) is 0 Å². The van der Waals surface area contributed by atoms with Crippen molar-refractivity contribution in [2.45, 2.75) is 339 Å². The second-order valence-corrected chi connectivity index (χ2v) is 21.8. The normalized spacial score (nSPS) is 19.4. The lowest BCUT2D eigenvalue weighted by molar-refractivity contribution is -0.302. The van der Waals surface area contributed by atoms with Crippen molar-refractivity contribution in [2.24, 2.45) is 0 Å². The Morgan fingerprint density at radius 3 is 1.18 bits per heavy atom. The Morgan fingerprint density at radius 1 is 0.452 bits per heavy atom. The molecule has 73 heavy (non-hydrogen) atoms. The largest absolute Gasteiger partial charge is 0.394 e. The molecule has 0 aromatic heterocycles. The highest BCUT2D eigenvalue weighted by Crippen LogP contribution is 2.23. The first-order chi connectivity index (χ1) is 35.8. The predicted molar refractivity (Wildman–Crippen MR) is 309 cm³/mol. The molecule has 1 fully saturated rings. The van der Waals surface area contributed by atoms with Crippen LogP contribution in [0.4, 0.5) is 0 Å². The maximum atomic E-state index is 13.0. The topological polar surface area (TPSA) is 149 Å². The zero-order valence-electron chi connectivity index (χ0n) is 47.6. The Morgan fingerprint density at radius 2 is 0.781 bits per heavy atom. The second-order valence-electron chi connectivity index (χ2n) is 21.8. The summed E-state index contributed by atoms with van der Waals surface area (Å²) in [6.07, 6.45) is 65.1. The number of aliphatic hydroxyl groups is 5. The maximum Gasteiger partial charge on any atom is 0.220 e. The van der Waals surface area contributed by atoms with E-state index in [-0.39, 0.29) is 12.5 Å². The van der Waals surface area contributed by atoms with Gasteiger partial charge >= 0.3 is 0 Å². The van der Waals surface area contributed by atoms with Crippen LogP contribution >= 0.6 is 0 Å². The minimum Gasteiger partial charge on any atom is -0.394 e. The van der Waals surface area contributed by atoms with Crippen LogP contribution in [0.2, 0.25) is 0 Å². The fraction of sp³-hybridized carbons (Fsp3) is 0.859. The SMILES string of the molecule is CCCCC/C=C/CC/C=C/CC/C=C/C(O)C(COC1OC(CO)C(O)C(O)C1O)NC(=O)CCCCCCCCCCCCCCCCCCC/C=C\CCCCCCCCCCCCCCCCCC. The van der Waals surface area contributed by atoms with E-state index in [0.717, 1.165) is 51.4 Å². The van der Waals surface area contributed by atoms with Gasteiger partial charge in [0.1, 0.15) is 24.4 Å². The number of carbonyl (C=O) groups excluding carboxylic acids is 1. The van der Waals surface area contributed by atoms with Crippen LogP contribution < -0.4 is 5.32 Å². The van der Waals surface area contributed by atoms with Crippen LogP contribution in [0, 0.1) is 0 Å². The zero-order valence-corrected chi connectivity index (χ0v) is 47.6. The lowest BCUT2D eigenvalue weighted by Gasteiger charge is -2.40. The molecule has 9 heteroatoms. The number of nitrogens with one attached hydrogen (secondary N) is 1. The lowest BCUT2D eigenvalue weighted by Crippen LogP contribution is -2.60. The third kappa shape index (κ3) is 42.9. The highest BCUT2D eigenvalue weighted by molar-refractivity contribution is 5.76. The first-order valence-corrected chi connectivity index (χ1v) is 31.4. The Labute approximate surface area is 450 Å². The number of allylic oxidation sites excluding steroid dienone is 7. The smallest absolute Gasteiger partial charge is 0.220 e. The fourth-order valence-corrected chi connectivity index (χ4v) is 9.89. The lowest BCUT2D eigenvalue weighted by atomic mass is 9.99. The van der Waals surface area contributed by atoms with Gasteiger partial charge in [0.15, 0.2) is 6.29 Å². The summed E-state index contributed by atoms with van der Waals surface area (Å²) in [6, 6.07) is -0.827. The van der Waals surface area contributed by atoms with E-state index in [1.165, 1.54) is 225 Å². The fourth-order valence-electron chi connectivity index (χ4n) is 9.89. The molecule has 6 N–H and O–H groups in total. The van der Waals surface area contributed by atoms with Crippen LogP contribution in [0.1, 0.15) is 296 Å². The van der Waals surface area contributed by atoms with Gasteiger partial charge in [-0.25, -0.2) is 0 Å². The molecule has 0 bridgehead atoms. The van der Waals surface area contributed by atoms with Crippen molar-refractivity contribution in [2.75, 3.05) is 13.2 Å². The molecule has 7 unspecified atom stereocenters. The number of carbonyl (C=O) groups is 1. The van der Waals surface area contributed by atoms with Gasteiger partial charge in [0.2, 0.25) is 5.91 Å². The number of aliphatic hydroxyl groups excluding tert-OH is 5. The Balaban J connectivity index is 2.06. The predicted octanol–water partition coefficient (Wildman–Crippen LogP) is 16.1. The third-order valence-electron chi connectivity index (χ3n) is 14.9. The van der Waals surface area contributed by atoms with E-state index in [9.17, 15) is 30.3 Å². The average molecular weight is 1030 g/mol. The highest BCUT2D eigenvalue weighted by atomic mass is 16.7. The minimum absolute atomic E-state index is 0.189. The Kier molecular flexibility index (Phi) is 50.7. The third-order valence-corrected chi connectivity index (χ3v) is 14.9. The van der Waals surface area contributed by atoms with Crippen molar-refractivity contribution in [1.82, 2.24) is 5.32 Å². The van der Waals surface area contributed by atoms with Gasteiger partial charge in [0.05, 0.1) is 25.4 Å². The first-order valence-electron chi connectivity index (χ1n) is 31.4. The van der Waals surface area contributed by atoms with Gasteiger partial charge in [-0.05, 0) is 70.6 Å². The van der Waals surface area contributed by atoms with Crippen LogP contribution in [-0.2, 0) is 14.3 Å². The summed E-state index contributed by atoms with van der Waals surface area (Å²) in [7, 11) is 0. The molecule has 0 spiro atoms.